The predicted molar refractivity (Wildman–Crippen MR) is 411 cm³/mol. The van der Waals surface area contributed by atoms with Gasteiger partial charge in [-0.25, -0.2) is 0 Å². The molecule has 1 aromatic heterocycles. The van der Waals surface area contributed by atoms with Gasteiger partial charge in [-0.1, -0.05) is 296 Å². The van der Waals surface area contributed by atoms with Gasteiger partial charge in [0.05, 0.1) is 22.7 Å². The van der Waals surface area contributed by atoms with Gasteiger partial charge in [0.1, 0.15) is 0 Å². The molecule has 0 saturated heterocycles. The fourth-order valence-electron chi connectivity index (χ4n) is 15.9. The van der Waals surface area contributed by atoms with Crippen LogP contribution in [0.4, 0.5) is 34.1 Å². The molecule has 0 bridgehead atoms. The van der Waals surface area contributed by atoms with Gasteiger partial charge in [-0.05, 0) is 177 Å². The third-order valence-corrected chi connectivity index (χ3v) is 23.2. The molecule has 16 aromatic rings. The standard InChI is InChI=1S/C92H67N2P/c1-91(2)81-56-62(42-48-75(81)77-50-46-68(58-83(77)91)93(85-34-16-24-64-20-8-12-30-71(64)85)86-35-17-25-65-21-9-13-31-72(65)86)40-38-60-44-52-89-79(54-60)80-55-61(45-53-90(80)95(89)70-28-6-5-7-29-70)39-41-63-43-49-76-78-51-47-69(59-84(78)92(3,4)82(76)57-63)94(87-36-18-26-66-22-10-14-32-73(66)87)88-37-19-27-67-23-11-15-33-74(67)88/h5-59H,1-4H3. The molecule has 0 atom stereocenters. The third-order valence-electron chi connectivity index (χ3n) is 20.7. The highest BCUT2D eigenvalue weighted by Gasteiger charge is 2.38. The van der Waals surface area contributed by atoms with Crippen LogP contribution in [0.15, 0.2) is 309 Å². The van der Waals surface area contributed by atoms with Gasteiger partial charge in [-0.2, -0.15) is 0 Å². The minimum Gasteiger partial charge on any atom is -0.309 e. The quantitative estimate of drug-likeness (QED) is 0.119. The summed E-state index contributed by atoms with van der Waals surface area (Å²) in [7, 11) is -0.730. The molecule has 2 aliphatic carbocycles. The molecule has 0 fully saturated rings. The molecular formula is C92H67N2P. The van der Waals surface area contributed by atoms with E-state index < -0.39 is 7.53 Å². The summed E-state index contributed by atoms with van der Waals surface area (Å²) in [5.74, 6) is 0. The number of rotatable bonds is 11. The zero-order valence-electron chi connectivity index (χ0n) is 53.6. The molecule has 0 saturated carbocycles. The van der Waals surface area contributed by atoms with Crippen LogP contribution in [-0.4, -0.2) is 0 Å². The smallest absolute Gasteiger partial charge is 0.0540 e. The van der Waals surface area contributed by atoms with Gasteiger partial charge in [0.2, 0.25) is 0 Å². The van der Waals surface area contributed by atoms with E-state index in [0.29, 0.717) is 0 Å². The van der Waals surface area contributed by atoms with Crippen LogP contribution in [0.25, 0.3) is 116 Å². The first-order valence-electron chi connectivity index (χ1n) is 33.2. The van der Waals surface area contributed by atoms with Crippen molar-refractivity contribution in [2.45, 2.75) is 38.5 Å². The topological polar surface area (TPSA) is 6.48 Å². The summed E-state index contributed by atoms with van der Waals surface area (Å²) < 4.78 is 0. The molecule has 1 heterocycles. The Morgan fingerprint density at radius 1 is 0.253 bits per heavy atom. The van der Waals surface area contributed by atoms with Crippen molar-refractivity contribution in [2.75, 3.05) is 9.80 Å². The van der Waals surface area contributed by atoms with Crippen LogP contribution in [-0.2, 0) is 10.8 Å². The van der Waals surface area contributed by atoms with E-state index in [9.17, 15) is 0 Å². The van der Waals surface area contributed by atoms with Gasteiger partial charge >= 0.3 is 0 Å². The van der Waals surface area contributed by atoms with Gasteiger partial charge in [0.15, 0.2) is 0 Å². The summed E-state index contributed by atoms with van der Waals surface area (Å²) in [6.07, 6.45) is 9.25. The lowest BCUT2D eigenvalue weighted by Gasteiger charge is -2.30. The first-order valence-corrected chi connectivity index (χ1v) is 34.5. The molecule has 0 unspecified atom stereocenters. The molecular weight excluding hydrogens is 1160 g/mol. The van der Waals surface area contributed by atoms with E-state index in [2.05, 4.69) is 371 Å². The van der Waals surface area contributed by atoms with E-state index in [1.807, 2.05) is 0 Å². The maximum absolute atomic E-state index is 2.48. The first kappa shape index (κ1) is 56.5. The fourth-order valence-corrected chi connectivity index (χ4v) is 18.5. The van der Waals surface area contributed by atoms with Crippen LogP contribution in [0.5, 0.6) is 0 Å². The van der Waals surface area contributed by atoms with E-state index in [4.69, 9.17) is 0 Å². The monoisotopic (exact) mass is 1230 g/mol. The van der Waals surface area contributed by atoms with Crippen LogP contribution in [0.3, 0.4) is 0 Å². The number of nitrogens with zero attached hydrogens (tertiary/aromatic N) is 2. The van der Waals surface area contributed by atoms with Crippen LogP contribution in [0.1, 0.15) is 72.2 Å². The van der Waals surface area contributed by atoms with Crippen LogP contribution in [0.2, 0.25) is 0 Å². The third kappa shape index (κ3) is 9.30. The van der Waals surface area contributed by atoms with Gasteiger partial charge in [0.25, 0.3) is 0 Å². The maximum Gasteiger partial charge on any atom is 0.0540 e. The fraction of sp³-hybridized carbons (Fsp3) is 0.0652. The summed E-state index contributed by atoms with van der Waals surface area (Å²) in [5.41, 5.74) is 21.9. The highest BCUT2D eigenvalue weighted by Crippen LogP contribution is 2.57. The van der Waals surface area contributed by atoms with Crippen molar-refractivity contribution >= 4 is 130 Å². The van der Waals surface area contributed by atoms with Crippen molar-refractivity contribution in [3.63, 3.8) is 0 Å². The number of benzene rings is 15. The minimum absolute atomic E-state index is 0.235. The van der Waals surface area contributed by atoms with Crippen LogP contribution >= 0.6 is 7.53 Å². The highest BCUT2D eigenvalue weighted by atomic mass is 31.1. The van der Waals surface area contributed by atoms with Gasteiger partial charge < -0.3 is 9.80 Å². The van der Waals surface area contributed by atoms with E-state index in [1.54, 1.807) is 0 Å². The second-order valence-corrected chi connectivity index (χ2v) is 29.0. The van der Waals surface area contributed by atoms with Crippen LogP contribution < -0.4 is 9.80 Å². The van der Waals surface area contributed by atoms with Gasteiger partial charge in [0, 0.05) is 54.0 Å². The second kappa shape index (κ2) is 22.2. The molecule has 18 rings (SSSR count). The molecule has 450 valence electrons. The lowest BCUT2D eigenvalue weighted by molar-refractivity contribution is 0.660. The molecule has 0 amide bonds. The maximum atomic E-state index is 2.48. The Morgan fingerprint density at radius 3 is 0.916 bits per heavy atom. The van der Waals surface area contributed by atoms with Gasteiger partial charge in [-0.3, -0.25) is 0 Å². The highest BCUT2D eigenvalue weighted by molar-refractivity contribution is 7.67. The zero-order valence-corrected chi connectivity index (χ0v) is 54.5. The van der Waals surface area contributed by atoms with E-state index in [-0.39, 0.29) is 10.8 Å². The van der Waals surface area contributed by atoms with Crippen molar-refractivity contribution < 1.29 is 0 Å². The number of hydrogen-bond donors (Lipinski definition) is 0. The number of anilines is 6. The Balaban J connectivity index is 0.657. The molecule has 0 spiro atoms. The summed E-state index contributed by atoms with van der Waals surface area (Å²) >= 11 is 0. The average molecular weight is 1230 g/mol. The predicted octanol–water partition coefficient (Wildman–Crippen LogP) is 26.5. The lowest BCUT2D eigenvalue weighted by Crippen LogP contribution is -2.17. The largest absolute Gasteiger partial charge is 0.309 e. The molecule has 95 heavy (non-hydrogen) atoms. The SMILES string of the molecule is CC1(C)c2cc(C=Cc3ccc4c(c3)c3cc(C=Cc5ccc6c(c5)C(C)(C)c5cc(N(c7cccc8ccccc78)c7cccc8ccccc78)ccc5-6)ccc3p4-c3ccccc3)ccc2-c2ccc(N(c3cccc4ccccc34)c3cccc4ccccc34)cc21. The molecule has 0 N–H and O–H groups in total. The van der Waals surface area contributed by atoms with Crippen molar-refractivity contribution in [3.05, 3.63) is 354 Å². The number of fused-ring (bicyclic) bond motifs is 13. The second-order valence-electron chi connectivity index (χ2n) is 26.9. The van der Waals surface area contributed by atoms with Gasteiger partial charge in [-0.15, -0.1) is 0 Å². The lowest BCUT2D eigenvalue weighted by atomic mass is 9.81. The Bertz CT molecular complexity index is 5360. The summed E-state index contributed by atoms with van der Waals surface area (Å²) in [5, 5.41) is 16.6. The summed E-state index contributed by atoms with van der Waals surface area (Å²) in [4.78, 5) is 4.96. The average Bonchev–Trinajstić information content (AvgIpc) is 1.60. The Morgan fingerprint density at radius 2 is 0.547 bits per heavy atom. The summed E-state index contributed by atoms with van der Waals surface area (Å²) in [6.45, 7) is 9.60. The number of hydrogen-bond acceptors (Lipinski definition) is 2. The molecule has 3 heteroatoms. The van der Waals surface area contributed by atoms with Crippen molar-refractivity contribution in [2.24, 2.45) is 0 Å². The van der Waals surface area contributed by atoms with Crippen molar-refractivity contribution in [1.29, 1.82) is 0 Å². The van der Waals surface area contributed by atoms with Crippen molar-refractivity contribution in [3.8, 4) is 27.6 Å². The van der Waals surface area contributed by atoms with E-state index >= 15 is 0 Å². The Labute approximate surface area is 556 Å². The summed E-state index contributed by atoms with van der Waals surface area (Å²) in [6, 6.07) is 116. The Hall–Kier alpha value is -11.3. The van der Waals surface area contributed by atoms with E-state index in [1.165, 1.54) is 159 Å². The molecule has 2 aliphatic rings. The molecule has 0 radical (unpaired) electrons. The molecule has 15 aromatic carbocycles. The van der Waals surface area contributed by atoms with E-state index in [0.717, 1.165) is 11.4 Å². The molecule has 2 nitrogen and oxygen atoms in total. The zero-order chi connectivity index (χ0) is 63.5. The van der Waals surface area contributed by atoms with Crippen LogP contribution in [0, 0.1) is 0 Å². The normalized spacial score (nSPS) is 13.7. The first-order chi connectivity index (χ1) is 46.6. The Kier molecular flexibility index (Phi) is 13.2. The van der Waals surface area contributed by atoms with Crippen molar-refractivity contribution in [1.82, 2.24) is 0 Å². The molecule has 0 aliphatic heterocycles. The minimum atomic E-state index is -0.730.